The van der Waals surface area contributed by atoms with E-state index in [0.717, 1.165) is 8.58 Å². The molecule has 0 bridgehead atoms. The van der Waals surface area contributed by atoms with Crippen LogP contribution in [0.1, 0.15) is 41.0 Å². The van der Waals surface area contributed by atoms with Crippen LogP contribution in [0.3, 0.4) is 0 Å². The van der Waals surface area contributed by atoms with Crippen molar-refractivity contribution in [1.82, 2.24) is 0 Å². The van der Waals surface area contributed by atoms with Crippen molar-refractivity contribution in [2.75, 3.05) is 6.66 Å². The van der Waals surface area contributed by atoms with Crippen LogP contribution in [0.25, 0.3) is 0 Å². The molecule has 0 aliphatic rings. The van der Waals surface area contributed by atoms with E-state index < -0.39 is 0 Å². The molecule has 1 unspecified atom stereocenters. The number of rotatable bonds is 2. The summed E-state index contributed by atoms with van der Waals surface area (Å²) in [6.07, 6.45) is 1.33. The molecule has 0 rings (SSSR count). The highest BCUT2D eigenvalue weighted by Crippen LogP contribution is 2.38. The van der Waals surface area contributed by atoms with Gasteiger partial charge in [0.2, 0.25) is 0 Å². The lowest BCUT2D eigenvalue weighted by molar-refractivity contribution is 0.338. The van der Waals surface area contributed by atoms with Crippen molar-refractivity contribution in [3.05, 3.63) is 0 Å². The molecule has 0 nitrogen and oxygen atoms in total. The fraction of sp³-hybridized carbons (Fsp3) is 1.00. The zero-order valence-electron chi connectivity index (χ0n) is 8.78. The molecular formula is C9H21BP. The molecule has 0 spiro atoms. The predicted octanol–water partition coefficient (Wildman–Crippen LogP) is 3.13. The Hall–Kier alpha value is 0.495. The molecule has 0 N–H and O–H groups in total. The first-order valence-corrected chi connectivity index (χ1v) is 5.46. The number of hydrogen-bond acceptors (Lipinski definition) is 0. The summed E-state index contributed by atoms with van der Waals surface area (Å²) in [7, 11) is 1.06. The van der Waals surface area contributed by atoms with E-state index in [1.165, 1.54) is 6.42 Å². The van der Waals surface area contributed by atoms with Crippen LogP contribution < -0.4 is 0 Å². The molecule has 11 heavy (non-hydrogen) atoms. The second-order valence-corrected chi connectivity index (χ2v) is 6.72. The van der Waals surface area contributed by atoms with Gasteiger partial charge < -0.3 is 0 Å². The Bertz CT molecular complexity index is 103. The zero-order chi connectivity index (χ0) is 8.41. The molecule has 0 saturated heterocycles. The van der Waals surface area contributed by atoms with Gasteiger partial charge in [-0.05, 0) is 23.7 Å². The van der Waals surface area contributed by atoms with E-state index in [1.807, 2.05) is 0 Å². The second kappa shape index (κ2) is 4.50. The Balaban J connectivity index is 0. The Labute approximate surface area is 75.9 Å². The molecule has 0 amide bonds. The molecule has 0 aromatic heterocycles. The van der Waals surface area contributed by atoms with Gasteiger partial charge in [-0.15, -0.1) is 8.58 Å². The van der Waals surface area contributed by atoms with Gasteiger partial charge in [0.25, 0.3) is 0 Å². The molecular weight excluding hydrogens is 150 g/mol. The SMILES string of the molecule is CPC(C)(C)CC(C)(C)C.[B]. The molecule has 0 aliphatic heterocycles. The molecule has 3 radical (unpaired) electrons. The van der Waals surface area contributed by atoms with Crippen LogP contribution >= 0.6 is 8.58 Å². The Morgan fingerprint density at radius 3 is 1.45 bits per heavy atom. The summed E-state index contributed by atoms with van der Waals surface area (Å²) in [5.41, 5.74) is 0.493. The van der Waals surface area contributed by atoms with Crippen molar-refractivity contribution in [1.29, 1.82) is 0 Å². The molecule has 2 heteroatoms. The summed E-state index contributed by atoms with van der Waals surface area (Å²) in [5, 5.41) is 0.554. The van der Waals surface area contributed by atoms with Gasteiger partial charge in [-0.25, -0.2) is 0 Å². The molecule has 0 aromatic carbocycles. The van der Waals surface area contributed by atoms with Crippen LogP contribution in [0, 0.1) is 5.41 Å². The molecule has 0 aromatic rings. The topological polar surface area (TPSA) is 0 Å². The minimum Gasteiger partial charge on any atom is -0.119 e. The zero-order valence-corrected chi connectivity index (χ0v) is 9.78. The average Bonchev–Trinajstić information content (AvgIpc) is 1.60. The van der Waals surface area contributed by atoms with Gasteiger partial charge >= 0.3 is 0 Å². The van der Waals surface area contributed by atoms with Gasteiger partial charge in [-0.1, -0.05) is 34.6 Å². The van der Waals surface area contributed by atoms with Crippen molar-refractivity contribution in [3.8, 4) is 0 Å². The fourth-order valence-corrected chi connectivity index (χ4v) is 2.12. The van der Waals surface area contributed by atoms with Gasteiger partial charge in [-0.3, -0.25) is 0 Å². The molecule has 65 valence electrons. The van der Waals surface area contributed by atoms with E-state index in [1.54, 1.807) is 0 Å². The maximum Gasteiger partial charge on any atom is 0 e. The molecule has 0 heterocycles. The van der Waals surface area contributed by atoms with Gasteiger partial charge in [0.05, 0.1) is 0 Å². The minimum atomic E-state index is 0. The van der Waals surface area contributed by atoms with E-state index in [-0.39, 0.29) is 8.41 Å². The van der Waals surface area contributed by atoms with E-state index in [4.69, 9.17) is 0 Å². The van der Waals surface area contributed by atoms with Crippen LogP contribution in [0.15, 0.2) is 0 Å². The van der Waals surface area contributed by atoms with E-state index >= 15 is 0 Å². The fourth-order valence-electron chi connectivity index (χ4n) is 1.41. The van der Waals surface area contributed by atoms with Gasteiger partial charge in [-0.2, -0.15) is 0 Å². The Morgan fingerprint density at radius 1 is 1.00 bits per heavy atom. The third-order valence-corrected chi connectivity index (χ3v) is 3.18. The summed E-state index contributed by atoms with van der Waals surface area (Å²) < 4.78 is 0. The largest absolute Gasteiger partial charge is 0.119 e. The van der Waals surface area contributed by atoms with Crippen molar-refractivity contribution < 1.29 is 0 Å². The third-order valence-electron chi connectivity index (χ3n) is 1.65. The Morgan fingerprint density at radius 2 is 1.36 bits per heavy atom. The normalized spacial score (nSPS) is 13.6. The van der Waals surface area contributed by atoms with Crippen LogP contribution in [-0.4, -0.2) is 20.2 Å². The summed E-state index contributed by atoms with van der Waals surface area (Å²) in [5.74, 6) is 0. The highest BCUT2D eigenvalue weighted by Gasteiger charge is 2.23. The summed E-state index contributed by atoms with van der Waals surface area (Å²) >= 11 is 0. The lowest BCUT2D eigenvalue weighted by atomic mass is 9.86. The van der Waals surface area contributed by atoms with Crippen molar-refractivity contribution in [2.45, 2.75) is 46.2 Å². The Kier molecular flexibility index (Phi) is 5.75. The van der Waals surface area contributed by atoms with Gasteiger partial charge in [0.1, 0.15) is 0 Å². The van der Waals surface area contributed by atoms with E-state index in [9.17, 15) is 0 Å². The molecule has 0 saturated carbocycles. The monoisotopic (exact) mass is 171 g/mol. The first-order chi connectivity index (χ1) is 4.27. The van der Waals surface area contributed by atoms with E-state index in [2.05, 4.69) is 41.3 Å². The van der Waals surface area contributed by atoms with Crippen LogP contribution in [0.5, 0.6) is 0 Å². The third kappa shape index (κ3) is 8.40. The smallest absolute Gasteiger partial charge is 0 e. The van der Waals surface area contributed by atoms with Gasteiger partial charge in [0, 0.05) is 8.41 Å². The lowest BCUT2D eigenvalue weighted by Gasteiger charge is -2.31. The highest BCUT2D eigenvalue weighted by molar-refractivity contribution is 7.38. The molecule has 0 aliphatic carbocycles. The lowest BCUT2D eigenvalue weighted by Crippen LogP contribution is -2.21. The minimum absolute atomic E-state index is 0. The van der Waals surface area contributed by atoms with Crippen molar-refractivity contribution in [2.24, 2.45) is 5.41 Å². The average molecular weight is 171 g/mol. The second-order valence-electron chi connectivity index (χ2n) is 4.87. The van der Waals surface area contributed by atoms with Crippen LogP contribution in [0.4, 0.5) is 0 Å². The maximum absolute atomic E-state index is 2.36. The summed E-state index contributed by atoms with van der Waals surface area (Å²) in [4.78, 5) is 0. The maximum atomic E-state index is 2.36. The quantitative estimate of drug-likeness (QED) is 0.442. The number of hydrogen-bond donors (Lipinski definition) is 0. The van der Waals surface area contributed by atoms with Crippen LogP contribution in [0.2, 0.25) is 0 Å². The standard InChI is InChI=1S/C9H21P.B/c1-8(2,3)7-9(4,5)10-6;/h10H,7H2,1-6H3;. The first kappa shape index (κ1) is 14.0. The molecule has 1 atom stereocenters. The molecule has 0 fully saturated rings. The van der Waals surface area contributed by atoms with Crippen molar-refractivity contribution >= 4 is 17.0 Å². The van der Waals surface area contributed by atoms with Crippen molar-refractivity contribution in [3.63, 3.8) is 0 Å². The van der Waals surface area contributed by atoms with Crippen LogP contribution in [-0.2, 0) is 0 Å². The summed E-state index contributed by atoms with van der Waals surface area (Å²) in [6.45, 7) is 14.0. The first-order valence-electron chi connectivity index (χ1n) is 3.96. The highest BCUT2D eigenvalue weighted by atomic mass is 31.1. The predicted molar refractivity (Wildman–Crippen MR) is 58.1 cm³/mol. The van der Waals surface area contributed by atoms with Gasteiger partial charge in [0.15, 0.2) is 0 Å². The van der Waals surface area contributed by atoms with E-state index in [0.29, 0.717) is 10.6 Å². The summed E-state index contributed by atoms with van der Waals surface area (Å²) in [6, 6.07) is 0.